The van der Waals surface area contributed by atoms with Crippen molar-refractivity contribution in [1.82, 2.24) is 9.80 Å². The minimum atomic E-state index is -0.864. The summed E-state index contributed by atoms with van der Waals surface area (Å²) in [5, 5.41) is 8.96. The highest BCUT2D eigenvalue weighted by atomic mass is 16.5. The lowest BCUT2D eigenvalue weighted by atomic mass is 10.1. The Morgan fingerprint density at radius 2 is 1.85 bits per heavy atom. The first-order chi connectivity index (χ1) is 9.59. The summed E-state index contributed by atoms with van der Waals surface area (Å²) in [7, 11) is 0. The number of ether oxygens (including phenoxy) is 2. The van der Waals surface area contributed by atoms with Gasteiger partial charge in [-0.15, -0.1) is 0 Å². The van der Waals surface area contributed by atoms with Crippen LogP contribution in [0.15, 0.2) is 0 Å². The van der Waals surface area contributed by atoms with Crippen LogP contribution in [0.2, 0.25) is 0 Å². The topological polar surface area (TPSA) is 79.3 Å². The average Bonchev–Trinajstić information content (AvgIpc) is 2.46. The van der Waals surface area contributed by atoms with Crippen LogP contribution in [0.5, 0.6) is 0 Å². The van der Waals surface area contributed by atoms with Crippen LogP contribution in [0.25, 0.3) is 0 Å². The van der Waals surface area contributed by atoms with Gasteiger partial charge in [0, 0.05) is 25.7 Å². The molecular formula is C13H22N2O5. The molecule has 2 rings (SSSR count). The van der Waals surface area contributed by atoms with E-state index in [4.69, 9.17) is 14.6 Å². The van der Waals surface area contributed by atoms with Crippen LogP contribution in [0.3, 0.4) is 0 Å². The van der Waals surface area contributed by atoms with Gasteiger partial charge in [-0.05, 0) is 6.92 Å². The molecule has 0 radical (unpaired) electrons. The number of carbonyl (C=O) groups excluding carboxylic acids is 1. The minimum absolute atomic E-state index is 0.000725. The van der Waals surface area contributed by atoms with Crippen LogP contribution in [0.4, 0.5) is 0 Å². The van der Waals surface area contributed by atoms with Crippen molar-refractivity contribution in [2.45, 2.75) is 25.4 Å². The first kappa shape index (κ1) is 15.2. The average molecular weight is 286 g/mol. The molecule has 2 saturated heterocycles. The third kappa shape index (κ3) is 3.68. The summed E-state index contributed by atoms with van der Waals surface area (Å²) in [6.07, 6.45) is 0.000725. The lowest BCUT2D eigenvalue weighted by molar-refractivity contribution is -0.148. The fraction of sp³-hybridized carbons (Fsp3) is 0.846. The molecule has 2 fully saturated rings. The molecule has 2 heterocycles. The molecule has 7 nitrogen and oxygen atoms in total. The molecule has 2 aliphatic rings. The molecule has 2 unspecified atom stereocenters. The Morgan fingerprint density at radius 1 is 1.20 bits per heavy atom. The maximum absolute atomic E-state index is 12.5. The summed E-state index contributed by atoms with van der Waals surface area (Å²) in [5.74, 6) is -0.817. The minimum Gasteiger partial charge on any atom is -0.481 e. The molecule has 0 spiro atoms. The molecule has 0 aromatic rings. The molecule has 114 valence electrons. The van der Waals surface area contributed by atoms with Crippen LogP contribution < -0.4 is 0 Å². The van der Waals surface area contributed by atoms with Crippen LogP contribution in [0.1, 0.15) is 13.3 Å². The number of aliphatic carboxylic acids is 1. The van der Waals surface area contributed by atoms with Gasteiger partial charge in [0.15, 0.2) is 0 Å². The third-order valence-electron chi connectivity index (χ3n) is 3.86. The molecule has 0 bridgehead atoms. The second-order valence-electron chi connectivity index (χ2n) is 5.18. The maximum Gasteiger partial charge on any atom is 0.305 e. The Bertz CT molecular complexity index is 357. The van der Waals surface area contributed by atoms with Gasteiger partial charge in [-0.25, -0.2) is 0 Å². The van der Waals surface area contributed by atoms with E-state index < -0.39 is 5.97 Å². The predicted octanol–water partition coefficient (Wildman–Crippen LogP) is -0.591. The van der Waals surface area contributed by atoms with Crippen molar-refractivity contribution in [2.75, 3.05) is 46.1 Å². The second-order valence-corrected chi connectivity index (χ2v) is 5.18. The highest BCUT2D eigenvalue weighted by Crippen LogP contribution is 2.16. The summed E-state index contributed by atoms with van der Waals surface area (Å²) in [6, 6.07) is -0.553. The number of hydrogen-bond donors (Lipinski definition) is 1. The van der Waals surface area contributed by atoms with Crippen molar-refractivity contribution in [3.63, 3.8) is 0 Å². The van der Waals surface area contributed by atoms with Crippen molar-refractivity contribution in [3.8, 4) is 0 Å². The zero-order valence-electron chi connectivity index (χ0n) is 11.8. The Labute approximate surface area is 118 Å². The van der Waals surface area contributed by atoms with E-state index in [2.05, 4.69) is 0 Å². The number of nitrogens with zero attached hydrogens (tertiary/aromatic N) is 2. The summed E-state index contributed by atoms with van der Waals surface area (Å²) < 4.78 is 10.6. The second kappa shape index (κ2) is 7.01. The fourth-order valence-corrected chi connectivity index (χ4v) is 2.75. The van der Waals surface area contributed by atoms with E-state index in [-0.39, 0.29) is 24.4 Å². The van der Waals surface area contributed by atoms with Crippen molar-refractivity contribution >= 4 is 11.9 Å². The predicted molar refractivity (Wildman–Crippen MR) is 70.4 cm³/mol. The molecule has 0 saturated carbocycles. The lowest BCUT2D eigenvalue weighted by Crippen LogP contribution is -2.57. The molecule has 0 aliphatic carbocycles. The van der Waals surface area contributed by atoms with E-state index in [1.54, 1.807) is 4.90 Å². The highest BCUT2D eigenvalue weighted by Gasteiger charge is 2.34. The maximum atomic E-state index is 12.5. The first-order valence-electron chi connectivity index (χ1n) is 7.01. The van der Waals surface area contributed by atoms with E-state index in [0.717, 1.165) is 0 Å². The molecule has 1 amide bonds. The van der Waals surface area contributed by atoms with Crippen LogP contribution >= 0.6 is 0 Å². The van der Waals surface area contributed by atoms with Gasteiger partial charge in [0.1, 0.15) is 0 Å². The van der Waals surface area contributed by atoms with Crippen molar-refractivity contribution < 1.29 is 24.2 Å². The molecule has 2 atom stereocenters. The highest BCUT2D eigenvalue weighted by molar-refractivity contribution is 5.81. The number of carboxylic acids is 1. The normalized spacial score (nSPS) is 26.2. The van der Waals surface area contributed by atoms with E-state index in [1.807, 2.05) is 11.8 Å². The van der Waals surface area contributed by atoms with Crippen molar-refractivity contribution in [3.05, 3.63) is 0 Å². The van der Waals surface area contributed by atoms with Gasteiger partial charge in [-0.2, -0.15) is 0 Å². The van der Waals surface area contributed by atoms with Gasteiger partial charge in [0.25, 0.3) is 0 Å². The molecule has 20 heavy (non-hydrogen) atoms. The SMILES string of the molecule is CC(C(=O)N1CCOCC1)N1CCOCC1CC(=O)O. The quantitative estimate of drug-likeness (QED) is 0.744. The number of amides is 1. The van der Waals surface area contributed by atoms with Gasteiger partial charge >= 0.3 is 5.97 Å². The van der Waals surface area contributed by atoms with E-state index >= 15 is 0 Å². The van der Waals surface area contributed by atoms with E-state index in [9.17, 15) is 9.59 Å². The summed E-state index contributed by atoms with van der Waals surface area (Å²) in [5.41, 5.74) is 0. The Kier molecular flexibility index (Phi) is 5.33. The summed E-state index contributed by atoms with van der Waals surface area (Å²) in [4.78, 5) is 27.1. The van der Waals surface area contributed by atoms with Crippen molar-refractivity contribution in [1.29, 1.82) is 0 Å². The summed E-state index contributed by atoms with van der Waals surface area (Å²) >= 11 is 0. The Balaban J connectivity index is 1.98. The van der Waals surface area contributed by atoms with E-state index in [1.165, 1.54) is 0 Å². The smallest absolute Gasteiger partial charge is 0.305 e. The third-order valence-corrected chi connectivity index (χ3v) is 3.86. The largest absolute Gasteiger partial charge is 0.481 e. The summed E-state index contributed by atoms with van der Waals surface area (Å²) in [6.45, 7) is 5.70. The number of carboxylic acid groups (broad SMARTS) is 1. The van der Waals surface area contributed by atoms with Gasteiger partial charge in [-0.3, -0.25) is 14.5 Å². The molecular weight excluding hydrogens is 264 g/mol. The van der Waals surface area contributed by atoms with E-state index in [0.29, 0.717) is 46.1 Å². The first-order valence-corrected chi connectivity index (χ1v) is 7.01. The van der Waals surface area contributed by atoms with Crippen LogP contribution in [0, 0.1) is 0 Å². The Hall–Kier alpha value is -1.18. The molecule has 7 heteroatoms. The van der Waals surface area contributed by atoms with Crippen LogP contribution in [-0.4, -0.2) is 84.9 Å². The van der Waals surface area contributed by atoms with Gasteiger partial charge in [0.05, 0.1) is 38.9 Å². The zero-order valence-corrected chi connectivity index (χ0v) is 11.8. The van der Waals surface area contributed by atoms with Gasteiger partial charge < -0.3 is 19.5 Å². The number of morpholine rings is 2. The monoisotopic (exact) mass is 286 g/mol. The van der Waals surface area contributed by atoms with Crippen molar-refractivity contribution in [2.24, 2.45) is 0 Å². The standard InChI is InChI=1S/C13H22N2O5/c1-10(13(18)14-2-5-19-6-3-14)15-4-7-20-9-11(15)8-12(16)17/h10-11H,2-9H2,1H3,(H,16,17). The number of carbonyl (C=O) groups is 2. The molecule has 1 N–H and O–H groups in total. The van der Waals surface area contributed by atoms with Gasteiger partial charge in [-0.1, -0.05) is 0 Å². The molecule has 0 aromatic heterocycles. The van der Waals surface area contributed by atoms with Crippen LogP contribution in [-0.2, 0) is 19.1 Å². The Morgan fingerprint density at radius 3 is 2.50 bits per heavy atom. The zero-order chi connectivity index (χ0) is 14.5. The number of rotatable bonds is 4. The fourth-order valence-electron chi connectivity index (χ4n) is 2.75. The lowest BCUT2D eigenvalue weighted by Gasteiger charge is -2.40. The number of hydrogen-bond acceptors (Lipinski definition) is 5. The molecule has 0 aromatic carbocycles. The van der Waals surface area contributed by atoms with Gasteiger partial charge in [0.2, 0.25) is 5.91 Å². The molecule has 2 aliphatic heterocycles.